The highest BCUT2D eigenvalue weighted by Crippen LogP contribution is 2.44. The first-order valence-electron chi connectivity index (χ1n) is 15.3. The first-order valence-corrected chi connectivity index (χ1v) is 15.3. The van der Waals surface area contributed by atoms with Crippen molar-refractivity contribution < 1.29 is 0 Å². The minimum Gasteiger partial charge on any atom is -0.377 e. The summed E-state index contributed by atoms with van der Waals surface area (Å²) in [6.45, 7) is 0. The molecule has 2 heteroatoms. The van der Waals surface area contributed by atoms with E-state index in [-0.39, 0.29) is 0 Å². The van der Waals surface area contributed by atoms with E-state index in [9.17, 15) is 0 Å². The van der Waals surface area contributed by atoms with E-state index in [2.05, 4.69) is 174 Å². The van der Waals surface area contributed by atoms with Crippen LogP contribution in [-0.2, 0) is 0 Å². The van der Waals surface area contributed by atoms with Gasteiger partial charge >= 0.3 is 0 Å². The zero-order chi connectivity index (χ0) is 29.3. The van der Waals surface area contributed by atoms with Gasteiger partial charge in [-0.2, -0.15) is 0 Å². The Kier molecular flexibility index (Phi) is 6.66. The van der Waals surface area contributed by atoms with E-state index >= 15 is 0 Å². The Balaban J connectivity index is 1.20. The summed E-state index contributed by atoms with van der Waals surface area (Å²) >= 11 is 0. The summed E-state index contributed by atoms with van der Waals surface area (Å²) in [6.07, 6.45) is 9.62. The molecule has 1 aliphatic carbocycles. The van der Waals surface area contributed by atoms with Gasteiger partial charge in [-0.05, 0) is 91.3 Å². The summed E-state index contributed by atoms with van der Waals surface area (Å²) in [4.78, 5) is 0. The van der Waals surface area contributed by atoms with E-state index in [0.717, 1.165) is 23.5 Å². The van der Waals surface area contributed by atoms with Crippen LogP contribution in [0.25, 0.3) is 54.6 Å². The fourth-order valence-electron chi connectivity index (χ4n) is 6.58. The zero-order valence-electron chi connectivity index (χ0n) is 24.4. The molecule has 1 aliphatic rings. The third-order valence-electron chi connectivity index (χ3n) is 8.67. The van der Waals surface area contributed by atoms with Gasteiger partial charge in [0.05, 0.1) is 11.4 Å². The molecule has 0 aliphatic heterocycles. The molecule has 0 bridgehead atoms. The lowest BCUT2D eigenvalue weighted by molar-refractivity contribution is 0.884. The van der Waals surface area contributed by atoms with Gasteiger partial charge < -0.3 is 10.6 Å². The van der Waals surface area contributed by atoms with Gasteiger partial charge in [0.1, 0.15) is 0 Å². The second kappa shape index (κ2) is 11.2. The van der Waals surface area contributed by atoms with Gasteiger partial charge in [0, 0.05) is 11.7 Å². The van der Waals surface area contributed by atoms with Crippen molar-refractivity contribution in [3.05, 3.63) is 164 Å². The van der Waals surface area contributed by atoms with Crippen LogP contribution < -0.4 is 10.6 Å². The third-order valence-corrected chi connectivity index (χ3v) is 8.67. The summed E-state index contributed by atoms with van der Waals surface area (Å²) in [7, 11) is 0. The SMILES string of the molecule is C1=CCC(Nc2ccccc2Nc2ccc(-c3c4ccccc4c(-c4ccc5ccccc5c4)c4ccccc34)cc2)C=C1. The predicted molar refractivity (Wildman–Crippen MR) is 190 cm³/mol. The first-order chi connectivity index (χ1) is 21.8. The molecule has 0 spiro atoms. The molecule has 0 amide bonds. The van der Waals surface area contributed by atoms with Gasteiger partial charge in [0.25, 0.3) is 0 Å². The highest BCUT2D eigenvalue weighted by Gasteiger charge is 2.17. The summed E-state index contributed by atoms with van der Waals surface area (Å²) < 4.78 is 0. The second-order valence-electron chi connectivity index (χ2n) is 11.5. The summed E-state index contributed by atoms with van der Waals surface area (Å²) in [5.74, 6) is 0. The van der Waals surface area contributed by atoms with Crippen LogP contribution in [0.4, 0.5) is 17.1 Å². The lowest BCUT2D eigenvalue weighted by Crippen LogP contribution is -2.17. The Hall–Kier alpha value is -5.60. The lowest BCUT2D eigenvalue weighted by atomic mass is 9.85. The van der Waals surface area contributed by atoms with Crippen molar-refractivity contribution in [3.63, 3.8) is 0 Å². The molecule has 0 aromatic heterocycles. The molecule has 7 aromatic rings. The molecule has 1 unspecified atom stereocenters. The van der Waals surface area contributed by atoms with Crippen LogP contribution in [0, 0.1) is 0 Å². The van der Waals surface area contributed by atoms with Gasteiger partial charge in [0.15, 0.2) is 0 Å². The second-order valence-corrected chi connectivity index (χ2v) is 11.5. The standard InChI is InChI=1S/C42H32N2/c1-2-14-33(15-3-1)43-39-20-10-11-21-40(39)44-34-26-24-30(25-27-34)41-35-16-6-8-18-37(35)42(38-19-9-7-17-36(38)41)32-23-22-29-12-4-5-13-31(29)28-32/h1-14,16-28,33,43-44H,15H2. The number of hydrogen-bond donors (Lipinski definition) is 2. The molecule has 2 N–H and O–H groups in total. The van der Waals surface area contributed by atoms with Crippen LogP contribution in [0.5, 0.6) is 0 Å². The number of para-hydroxylation sites is 2. The summed E-state index contributed by atoms with van der Waals surface area (Å²) in [5, 5.41) is 14.9. The minimum atomic E-state index is 0.296. The smallest absolute Gasteiger partial charge is 0.0620 e. The van der Waals surface area contributed by atoms with E-state index < -0.39 is 0 Å². The van der Waals surface area contributed by atoms with Crippen molar-refractivity contribution in [2.45, 2.75) is 12.5 Å². The average molecular weight is 565 g/mol. The van der Waals surface area contributed by atoms with E-state index in [1.54, 1.807) is 0 Å². The molecular weight excluding hydrogens is 532 g/mol. The van der Waals surface area contributed by atoms with Gasteiger partial charge in [-0.1, -0.05) is 133 Å². The van der Waals surface area contributed by atoms with Crippen molar-refractivity contribution >= 4 is 49.4 Å². The average Bonchev–Trinajstić information content (AvgIpc) is 3.09. The van der Waals surface area contributed by atoms with Crippen LogP contribution >= 0.6 is 0 Å². The van der Waals surface area contributed by atoms with Crippen LogP contribution in [0.1, 0.15) is 6.42 Å². The third kappa shape index (κ3) is 4.81. The number of rotatable bonds is 6. The fraction of sp³-hybridized carbons (Fsp3) is 0.0476. The molecule has 44 heavy (non-hydrogen) atoms. The number of anilines is 3. The topological polar surface area (TPSA) is 24.1 Å². The summed E-state index contributed by atoms with van der Waals surface area (Å²) in [6, 6.07) is 50.7. The molecule has 0 saturated carbocycles. The predicted octanol–water partition coefficient (Wildman–Crippen LogP) is 11.5. The molecule has 1 atom stereocenters. The van der Waals surface area contributed by atoms with Gasteiger partial charge in [-0.25, -0.2) is 0 Å². The van der Waals surface area contributed by atoms with Crippen LogP contribution in [0.15, 0.2) is 164 Å². The Morgan fingerprint density at radius 2 is 1.05 bits per heavy atom. The summed E-state index contributed by atoms with van der Waals surface area (Å²) in [5.41, 5.74) is 8.24. The Morgan fingerprint density at radius 1 is 0.477 bits per heavy atom. The Morgan fingerprint density at radius 3 is 1.70 bits per heavy atom. The first kappa shape index (κ1) is 26.1. The van der Waals surface area contributed by atoms with E-state index in [1.807, 2.05) is 0 Å². The number of allylic oxidation sites excluding steroid dienone is 2. The van der Waals surface area contributed by atoms with Gasteiger partial charge in [-0.3, -0.25) is 0 Å². The molecule has 8 rings (SSSR count). The van der Waals surface area contributed by atoms with Crippen LogP contribution in [0.2, 0.25) is 0 Å². The molecular formula is C42H32N2. The zero-order valence-corrected chi connectivity index (χ0v) is 24.4. The monoisotopic (exact) mass is 564 g/mol. The molecule has 0 fully saturated rings. The Bertz CT molecular complexity index is 2150. The van der Waals surface area contributed by atoms with E-state index in [4.69, 9.17) is 0 Å². The molecule has 0 saturated heterocycles. The van der Waals surface area contributed by atoms with Crippen molar-refractivity contribution in [1.29, 1.82) is 0 Å². The van der Waals surface area contributed by atoms with Crippen LogP contribution in [-0.4, -0.2) is 6.04 Å². The maximum Gasteiger partial charge on any atom is 0.0620 e. The van der Waals surface area contributed by atoms with E-state index in [1.165, 1.54) is 54.6 Å². The van der Waals surface area contributed by atoms with Crippen LogP contribution in [0.3, 0.4) is 0 Å². The van der Waals surface area contributed by atoms with Crippen molar-refractivity contribution in [2.75, 3.05) is 10.6 Å². The molecule has 210 valence electrons. The number of nitrogens with one attached hydrogen (secondary N) is 2. The molecule has 0 radical (unpaired) electrons. The van der Waals surface area contributed by atoms with E-state index in [0.29, 0.717) is 6.04 Å². The molecule has 7 aromatic carbocycles. The number of benzene rings is 7. The number of fused-ring (bicyclic) bond motifs is 3. The number of hydrogen-bond acceptors (Lipinski definition) is 2. The fourth-order valence-corrected chi connectivity index (χ4v) is 6.58. The van der Waals surface area contributed by atoms with Gasteiger partial charge in [-0.15, -0.1) is 0 Å². The minimum absolute atomic E-state index is 0.296. The maximum absolute atomic E-state index is 3.68. The highest BCUT2D eigenvalue weighted by molar-refractivity contribution is 6.21. The van der Waals surface area contributed by atoms with Crippen molar-refractivity contribution in [2.24, 2.45) is 0 Å². The lowest BCUT2D eigenvalue weighted by Gasteiger charge is -2.20. The van der Waals surface area contributed by atoms with Crippen molar-refractivity contribution in [1.82, 2.24) is 0 Å². The van der Waals surface area contributed by atoms with Gasteiger partial charge in [0.2, 0.25) is 0 Å². The normalized spacial score (nSPS) is 14.3. The highest BCUT2D eigenvalue weighted by atomic mass is 15.0. The quantitative estimate of drug-likeness (QED) is 0.196. The largest absolute Gasteiger partial charge is 0.377 e. The van der Waals surface area contributed by atoms with Crippen molar-refractivity contribution in [3.8, 4) is 22.3 Å². The Labute approximate surface area is 258 Å². The molecule has 2 nitrogen and oxygen atoms in total. The molecule has 0 heterocycles. The maximum atomic E-state index is 3.68.